The first kappa shape index (κ1) is 22.1. The second-order valence-corrected chi connectivity index (χ2v) is 7.45. The predicted octanol–water partition coefficient (Wildman–Crippen LogP) is 2.80. The number of nitrogens with zero attached hydrogens (tertiary/aromatic N) is 1. The minimum atomic E-state index is -0.506. The Hall–Kier alpha value is -4.08. The van der Waals surface area contributed by atoms with Crippen LogP contribution in [-0.2, 0) is 11.2 Å². The molecular weight excluding hydrogens is 427 g/mol. The van der Waals surface area contributed by atoms with Crippen molar-refractivity contribution < 1.29 is 18.7 Å². The minimum Gasteiger partial charge on any atom is -0.492 e. The molecule has 172 valence electrons. The van der Waals surface area contributed by atoms with Crippen molar-refractivity contribution in [2.45, 2.75) is 12.8 Å². The van der Waals surface area contributed by atoms with Crippen molar-refractivity contribution >= 4 is 29.4 Å². The Morgan fingerprint density at radius 2 is 2.12 bits per heavy atom. The monoisotopic (exact) mass is 452 g/mol. The Balaban J connectivity index is 1.75. The van der Waals surface area contributed by atoms with Gasteiger partial charge in [0, 0.05) is 43.5 Å². The third kappa shape index (κ3) is 4.59. The molecule has 0 aliphatic carbocycles. The van der Waals surface area contributed by atoms with Gasteiger partial charge in [0.25, 0.3) is 5.91 Å². The van der Waals surface area contributed by atoms with Crippen molar-refractivity contribution in [1.29, 1.82) is 0 Å². The summed E-state index contributed by atoms with van der Waals surface area (Å²) in [4.78, 5) is 30.8. The molecule has 33 heavy (non-hydrogen) atoms. The number of pyridine rings is 1. The van der Waals surface area contributed by atoms with E-state index in [-0.39, 0.29) is 11.7 Å². The fourth-order valence-corrected chi connectivity index (χ4v) is 3.88. The quantitative estimate of drug-likeness (QED) is 0.238. The van der Waals surface area contributed by atoms with Crippen LogP contribution >= 0.6 is 0 Å². The molecule has 2 amide bonds. The fourth-order valence-electron chi connectivity index (χ4n) is 3.88. The molecule has 5 N–H and O–H groups in total. The van der Waals surface area contributed by atoms with Gasteiger partial charge in [0.15, 0.2) is 11.6 Å². The van der Waals surface area contributed by atoms with Crippen molar-refractivity contribution in [1.82, 2.24) is 20.6 Å². The zero-order valence-electron chi connectivity index (χ0n) is 18.1. The Labute approximate surface area is 190 Å². The number of amides is 2. The van der Waals surface area contributed by atoms with Gasteiger partial charge in [0.05, 0.1) is 41.6 Å². The Morgan fingerprint density at radius 1 is 1.24 bits per heavy atom. The number of fused-ring (bicyclic) bond motifs is 1. The number of para-hydroxylation sites is 1. The highest BCUT2D eigenvalue weighted by atomic mass is 19.1. The zero-order chi connectivity index (χ0) is 23.2. The highest BCUT2D eigenvalue weighted by Gasteiger charge is 2.28. The molecule has 0 saturated carbocycles. The lowest BCUT2D eigenvalue weighted by Crippen LogP contribution is -2.31. The molecule has 0 spiro atoms. The van der Waals surface area contributed by atoms with E-state index in [1.807, 2.05) is 6.07 Å². The van der Waals surface area contributed by atoms with Gasteiger partial charge < -0.3 is 31.0 Å². The summed E-state index contributed by atoms with van der Waals surface area (Å²) in [7, 11) is 1.40. The number of hydrogen-bond donors (Lipinski definition) is 5. The van der Waals surface area contributed by atoms with Crippen molar-refractivity contribution in [2.75, 3.05) is 37.4 Å². The van der Waals surface area contributed by atoms with Gasteiger partial charge >= 0.3 is 0 Å². The lowest BCUT2D eigenvalue weighted by molar-refractivity contribution is -0.109. The summed E-state index contributed by atoms with van der Waals surface area (Å²) in [5.74, 6) is -0.654. The smallest absolute Gasteiger partial charge is 0.255 e. The summed E-state index contributed by atoms with van der Waals surface area (Å²) in [6.07, 6.45) is 5.40. The molecule has 0 radical (unpaired) electrons. The van der Waals surface area contributed by atoms with Crippen molar-refractivity contribution in [3.63, 3.8) is 0 Å². The van der Waals surface area contributed by atoms with E-state index in [0.717, 1.165) is 23.4 Å². The molecule has 1 aliphatic heterocycles. The number of methoxy groups -OCH3 is 1. The Bertz CT molecular complexity index is 1160. The molecule has 9 nitrogen and oxygen atoms in total. The summed E-state index contributed by atoms with van der Waals surface area (Å²) in [5.41, 5.74) is 4.46. The van der Waals surface area contributed by atoms with E-state index in [0.29, 0.717) is 55.1 Å². The summed E-state index contributed by atoms with van der Waals surface area (Å²) >= 11 is 0. The maximum Gasteiger partial charge on any atom is 0.255 e. The molecule has 1 aliphatic rings. The molecule has 3 aromatic rings. The summed E-state index contributed by atoms with van der Waals surface area (Å²) in [6, 6.07) is 6.42. The van der Waals surface area contributed by atoms with Gasteiger partial charge in [-0.3, -0.25) is 14.6 Å². The zero-order valence-corrected chi connectivity index (χ0v) is 18.1. The van der Waals surface area contributed by atoms with Gasteiger partial charge in [-0.15, -0.1) is 0 Å². The van der Waals surface area contributed by atoms with E-state index in [1.165, 1.54) is 13.2 Å². The summed E-state index contributed by atoms with van der Waals surface area (Å²) < 4.78 is 19.6. The second-order valence-electron chi connectivity index (χ2n) is 7.45. The molecule has 0 saturated heterocycles. The van der Waals surface area contributed by atoms with E-state index in [9.17, 15) is 14.0 Å². The molecular formula is C23H25FN6O3. The second kappa shape index (κ2) is 10.0. The SMILES string of the molecule is COc1c(F)cccc1Nc1c(-c2ccncc2NCCCNC=O)[nH]c2c1C(=O)NCC2. The normalized spacial score (nSPS) is 12.5. The van der Waals surface area contributed by atoms with Gasteiger partial charge in [0.2, 0.25) is 6.41 Å². The van der Waals surface area contributed by atoms with E-state index in [2.05, 4.69) is 31.2 Å². The minimum absolute atomic E-state index is 0.0605. The standard InChI is InChI=1S/C23H25FN6O3/c1-33-22-15(24)4-2-5-17(22)30-21-19-16(7-11-28-23(19)32)29-20(21)14-6-10-25-12-18(14)27-9-3-8-26-13-31/h2,4-6,10,12-13,27,29-30H,3,7-9,11H2,1H3,(H,26,31)(H,28,32). The average molecular weight is 452 g/mol. The van der Waals surface area contributed by atoms with Crippen LogP contribution in [0.5, 0.6) is 5.75 Å². The number of hydrogen-bond acceptors (Lipinski definition) is 6. The summed E-state index contributed by atoms with van der Waals surface area (Å²) in [6.45, 7) is 1.69. The number of anilines is 3. The number of halogens is 1. The first-order chi connectivity index (χ1) is 16.1. The van der Waals surface area contributed by atoms with Crippen LogP contribution in [0.1, 0.15) is 22.5 Å². The predicted molar refractivity (Wildman–Crippen MR) is 123 cm³/mol. The van der Waals surface area contributed by atoms with Gasteiger partial charge in [-0.25, -0.2) is 4.39 Å². The molecule has 4 rings (SSSR count). The van der Waals surface area contributed by atoms with Gasteiger partial charge in [-0.1, -0.05) is 6.07 Å². The van der Waals surface area contributed by atoms with Crippen LogP contribution in [0.25, 0.3) is 11.3 Å². The van der Waals surface area contributed by atoms with Crippen LogP contribution in [0.2, 0.25) is 0 Å². The largest absolute Gasteiger partial charge is 0.492 e. The highest BCUT2D eigenvalue weighted by molar-refractivity contribution is 6.07. The lowest BCUT2D eigenvalue weighted by Gasteiger charge is -2.17. The number of aromatic nitrogens is 2. The summed E-state index contributed by atoms with van der Waals surface area (Å²) in [5, 5.41) is 12.1. The van der Waals surface area contributed by atoms with Crippen LogP contribution in [0, 0.1) is 5.82 Å². The Kier molecular flexibility index (Phi) is 6.72. The molecule has 2 aromatic heterocycles. The van der Waals surface area contributed by atoms with Crippen LogP contribution in [0.4, 0.5) is 21.5 Å². The van der Waals surface area contributed by atoms with Crippen molar-refractivity contribution in [3.05, 3.63) is 53.7 Å². The van der Waals surface area contributed by atoms with Gasteiger partial charge in [-0.2, -0.15) is 0 Å². The third-order valence-electron chi connectivity index (χ3n) is 5.38. The maximum absolute atomic E-state index is 14.3. The van der Waals surface area contributed by atoms with Crippen LogP contribution in [-0.4, -0.2) is 49.0 Å². The molecule has 0 unspecified atom stereocenters. The first-order valence-corrected chi connectivity index (χ1v) is 10.6. The van der Waals surface area contributed by atoms with E-state index in [4.69, 9.17) is 4.74 Å². The fraction of sp³-hybridized carbons (Fsp3) is 0.261. The molecule has 0 atom stereocenters. The van der Waals surface area contributed by atoms with E-state index < -0.39 is 5.82 Å². The van der Waals surface area contributed by atoms with E-state index in [1.54, 1.807) is 24.5 Å². The molecule has 10 heteroatoms. The number of H-pyrrole nitrogens is 1. The van der Waals surface area contributed by atoms with Crippen LogP contribution < -0.4 is 26.0 Å². The number of rotatable bonds is 10. The van der Waals surface area contributed by atoms with Gasteiger partial charge in [0.1, 0.15) is 0 Å². The topological polar surface area (TPSA) is 120 Å². The molecule has 3 heterocycles. The van der Waals surface area contributed by atoms with Crippen molar-refractivity contribution in [3.8, 4) is 17.0 Å². The Morgan fingerprint density at radius 3 is 2.94 bits per heavy atom. The number of benzene rings is 1. The number of aromatic amines is 1. The highest BCUT2D eigenvalue weighted by Crippen LogP contribution is 2.41. The number of carbonyl (C=O) groups excluding carboxylic acids is 2. The van der Waals surface area contributed by atoms with Crippen LogP contribution in [0.15, 0.2) is 36.7 Å². The van der Waals surface area contributed by atoms with Crippen molar-refractivity contribution in [2.24, 2.45) is 0 Å². The number of nitrogens with one attached hydrogen (secondary N) is 5. The molecule has 1 aromatic carbocycles. The van der Waals surface area contributed by atoms with Gasteiger partial charge in [-0.05, 0) is 24.6 Å². The number of carbonyl (C=O) groups is 2. The lowest BCUT2D eigenvalue weighted by atomic mass is 10.0. The molecule has 0 bridgehead atoms. The third-order valence-corrected chi connectivity index (χ3v) is 5.38. The average Bonchev–Trinajstić information content (AvgIpc) is 3.19. The maximum atomic E-state index is 14.3. The first-order valence-electron chi connectivity index (χ1n) is 10.6. The van der Waals surface area contributed by atoms with E-state index >= 15 is 0 Å². The number of ether oxygens (including phenoxy) is 1. The van der Waals surface area contributed by atoms with Crippen LogP contribution in [0.3, 0.4) is 0 Å². The molecule has 0 fully saturated rings.